The van der Waals surface area contributed by atoms with Crippen molar-refractivity contribution >= 4 is 5.91 Å². The molecule has 18 heavy (non-hydrogen) atoms. The van der Waals surface area contributed by atoms with E-state index in [-0.39, 0.29) is 11.9 Å². The van der Waals surface area contributed by atoms with Crippen LogP contribution in [0.5, 0.6) is 0 Å². The number of nitrogens with one attached hydrogen (secondary N) is 1. The third-order valence-electron chi connectivity index (χ3n) is 3.33. The van der Waals surface area contributed by atoms with Gasteiger partial charge in [-0.15, -0.1) is 0 Å². The summed E-state index contributed by atoms with van der Waals surface area (Å²) in [6.07, 6.45) is 6.45. The Morgan fingerprint density at radius 3 is 2.22 bits per heavy atom. The molecule has 1 N–H and O–H groups in total. The van der Waals surface area contributed by atoms with Gasteiger partial charge in [0, 0.05) is 13.1 Å². The van der Waals surface area contributed by atoms with Gasteiger partial charge in [0.25, 0.3) is 0 Å². The Hall–Kier alpha value is -0.570. The Labute approximate surface area is 113 Å². The molecular weight excluding hydrogens is 224 g/mol. The number of hydrogen-bond donors (Lipinski definition) is 1. The SMILES string of the molecule is CC(C)CCCCCCNCC(=O)N(C)C(C)C. The van der Waals surface area contributed by atoms with Crippen LogP contribution >= 0.6 is 0 Å². The summed E-state index contributed by atoms with van der Waals surface area (Å²) in [7, 11) is 1.86. The van der Waals surface area contributed by atoms with Gasteiger partial charge < -0.3 is 10.2 Å². The summed E-state index contributed by atoms with van der Waals surface area (Å²) in [5.41, 5.74) is 0. The fraction of sp³-hybridized carbons (Fsp3) is 0.933. The largest absolute Gasteiger partial charge is 0.342 e. The molecule has 0 aromatic heterocycles. The van der Waals surface area contributed by atoms with Crippen molar-refractivity contribution in [2.75, 3.05) is 20.1 Å². The predicted molar refractivity (Wildman–Crippen MR) is 78.7 cm³/mol. The zero-order chi connectivity index (χ0) is 14.0. The molecular formula is C15H32N2O. The molecule has 0 heterocycles. The van der Waals surface area contributed by atoms with Gasteiger partial charge in [-0.2, -0.15) is 0 Å². The Balaban J connectivity index is 3.33. The first-order valence-corrected chi connectivity index (χ1v) is 7.41. The van der Waals surface area contributed by atoms with E-state index in [1.54, 1.807) is 4.90 Å². The van der Waals surface area contributed by atoms with Gasteiger partial charge in [-0.3, -0.25) is 4.79 Å². The average molecular weight is 256 g/mol. The van der Waals surface area contributed by atoms with Crippen molar-refractivity contribution in [2.45, 2.75) is 65.8 Å². The predicted octanol–water partition coefficient (Wildman–Crippen LogP) is 3.05. The van der Waals surface area contributed by atoms with Crippen molar-refractivity contribution in [3.05, 3.63) is 0 Å². The maximum absolute atomic E-state index is 11.7. The van der Waals surface area contributed by atoms with Crippen LogP contribution in [0.2, 0.25) is 0 Å². The molecule has 0 spiro atoms. The number of likely N-dealkylation sites (N-methyl/N-ethyl adjacent to an activating group) is 1. The van der Waals surface area contributed by atoms with Crippen molar-refractivity contribution in [1.82, 2.24) is 10.2 Å². The van der Waals surface area contributed by atoms with Crippen molar-refractivity contribution in [1.29, 1.82) is 0 Å². The molecule has 0 unspecified atom stereocenters. The van der Waals surface area contributed by atoms with E-state index in [0.29, 0.717) is 6.54 Å². The monoisotopic (exact) mass is 256 g/mol. The summed E-state index contributed by atoms with van der Waals surface area (Å²) in [5.74, 6) is 1.01. The molecule has 0 aromatic rings. The van der Waals surface area contributed by atoms with Gasteiger partial charge in [0.2, 0.25) is 5.91 Å². The minimum absolute atomic E-state index is 0.185. The Bertz CT molecular complexity index is 215. The summed E-state index contributed by atoms with van der Waals surface area (Å²) in [4.78, 5) is 13.4. The third kappa shape index (κ3) is 9.46. The van der Waals surface area contributed by atoms with Crippen LogP contribution in [0.4, 0.5) is 0 Å². The average Bonchev–Trinajstić information content (AvgIpc) is 2.30. The highest BCUT2D eigenvalue weighted by Crippen LogP contribution is 2.08. The van der Waals surface area contributed by atoms with Gasteiger partial charge in [-0.25, -0.2) is 0 Å². The molecule has 0 fully saturated rings. The zero-order valence-electron chi connectivity index (χ0n) is 13.0. The topological polar surface area (TPSA) is 32.3 Å². The molecule has 0 rings (SSSR count). The first kappa shape index (κ1) is 17.4. The third-order valence-corrected chi connectivity index (χ3v) is 3.33. The molecule has 1 amide bonds. The second-order valence-electron chi connectivity index (χ2n) is 5.87. The lowest BCUT2D eigenvalue weighted by atomic mass is 10.0. The van der Waals surface area contributed by atoms with Crippen LogP contribution in [0.15, 0.2) is 0 Å². The Kier molecular flexibility index (Phi) is 10.0. The van der Waals surface area contributed by atoms with E-state index in [1.807, 2.05) is 20.9 Å². The minimum Gasteiger partial charge on any atom is -0.342 e. The summed E-state index contributed by atoms with van der Waals surface area (Å²) < 4.78 is 0. The van der Waals surface area contributed by atoms with Crippen LogP contribution in [0, 0.1) is 5.92 Å². The summed E-state index contributed by atoms with van der Waals surface area (Å²) in [6.45, 7) is 10.1. The maximum Gasteiger partial charge on any atom is 0.236 e. The standard InChI is InChI=1S/C15H32N2O/c1-13(2)10-8-6-7-9-11-16-12-15(18)17(5)14(3)4/h13-14,16H,6-12H2,1-5H3. The minimum atomic E-state index is 0.185. The van der Waals surface area contributed by atoms with E-state index in [4.69, 9.17) is 0 Å². The lowest BCUT2D eigenvalue weighted by Gasteiger charge is -2.21. The maximum atomic E-state index is 11.7. The van der Waals surface area contributed by atoms with Crippen molar-refractivity contribution in [3.63, 3.8) is 0 Å². The van der Waals surface area contributed by atoms with Crippen LogP contribution in [0.3, 0.4) is 0 Å². The molecule has 0 atom stereocenters. The molecule has 0 aliphatic rings. The van der Waals surface area contributed by atoms with Gasteiger partial charge in [0.05, 0.1) is 6.54 Å². The molecule has 0 bridgehead atoms. The van der Waals surface area contributed by atoms with Gasteiger partial charge in [-0.1, -0.05) is 39.5 Å². The Morgan fingerprint density at radius 2 is 1.67 bits per heavy atom. The first-order valence-electron chi connectivity index (χ1n) is 7.41. The normalized spacial score (nSPS) is 11.3. The molecule has 0 saturated heterocycles. The number of nitrogens with zero attached hydrogens (tertiary/aromatic N) is 1. The Morgan fingerprint density at radius 1 is 1.06 bits per heavy atom. The second kappa shape index (κ2) is 10.4. The van der Waals surface area contributed by atoms with Gasteiger partial charge >= 0.3 is 0 Å². The van der Waals surface area contributed by atoms with Crippen LogP contribution in [-0.4, -0.2) is 37.0 Å². The molecule has 0 saturated carbocycles. The summed E-state index contributed by atoms with van der Waals surface area (Å²) in [6, 6.07) is 0.287. The fourth-order valence-corrected chi connectivity index (χ4v) is 1.76. The van der Waals surface area contributed by atoms with E-state index in [2.05, 4.69) is 19.2 Å². The van der Waals surface area contributed by atoms with Crippen LogP contribution in [0.1, 0.15) is 59.8 Å². The molecule has 3 nitrogen and oxygen atoms in total. The number of hydrogen-bond acceptors (Lipinski definition) is 2. The first-order chi connectivity index (χ1) is 8.45. The van der Waals surface area contributed by atoms with Gasteiger partial charge in [0.15, 0.2) is 0 Å². The van der Waals surface area contributed by atoms with Crippen LogP contribution < -0.4 is 5.32 Å². The number of rotatable bonds is 10. The molecule has 3 heteroatoms. The number of carbonyl (C=O) groups is 1. The molecule has 0 radical (unpaired) electrons. The summed E-state index contributed by atoms with van der Waals surface area (Å²) >= 11 is 0. The van der Waals surface area contributed by atoms with Crippen molar-refractivity contribution < 1.29 is 4.79 Å². The van der Waals surface area contributed by atoms with E-state index < -0.39 is 0 Å². The van der Waals surface area contributed by atoms with Gasteiger partial charge in [-0.05, 0) is 32.7 Å². The summed E-state index contributed by atoms with van der Waals surface area (Å²) in [5, 5.41) is 3.23. The fourth-order valence-electron chi connectivity index (χ4n) is 1.76. The van der Waals surface area contributed by atoms with Crippen molar-refractivity contribution in [3.8, 4) is 0 Å². The molecule has 0 aliphatic heterocycles. The van der Waals surface area contributed by atoms with Crippen LogP contribution in [0.25, 0.3) is 0 Å². The molecule has 0 aliphatic carbocycles. The second-order valence-corrected chi connectivity index (χ2v) is 5.87. The number of carbonyl (C=O) groups excluding carboxylic acids is 1. The van der Waals surface area contributed by atoms with Crippen molar-refractivity contribution in [2.24, 2.45) is 5.92 Å². The number of amides is 1. The van der Waals surface area contributed by atoms with E-state index in [9.17, 15) is 4.79 Å². The molecule has 0 aromatic carbocycles. The van der Waals surface area contributed by atoms with E-state index >= 15 is 0 Å². The highest BCUT2D eigenvalue weighted by molar-refractivity contribution is 5.78. The number of unbranched alkanes of at least 4 members (excludes halogenated alkanes) is 3. The van der Waals surface area contributed by atoms with Gasteiger partial charge in [0.1, 0.15) is 0 Å². The highest BCUT2D eigenvalue weighted by Gasteiger charge is 2.10. The zero-order valence-corrected chi connectivity index (χ0v) is 13.0. The molecule has 108 valence electrons. The van der Waals surface area contributed by atoms with E-state index in [0.717, 1.165) is 12.5 Å². The van der Waals surface area contributed by atoms with Crippen LogP contribution in [-0.2, 0) is 4.79 Å². The highest BCUT2D eigenvalue weighted by atomic mass is 16.2. The quantitative estimate of drug-likeness (QED) is 0.609. The lowest BCUT2D eigenvalue weighted by molar-refractivity contribution is -0.130. The van der Waals surface area contributed by atoms with E-state index in [1.165, 1.54) is 32.1 Å². The smallest absolute Gasteiger partial charge is 0.236 e. The lowest BCUT2D eigenvalue weighted by Crippen LogP contribution is -2.39.